The van der Waals surface area contributed by atoms with Crippen molar-refractivity contribution in [1.82, 2.24) is 4.98 Å². The van der Waals surface area contributed by atoms with Crippen molar-refractivity contribution in [3.05, 3.63) is 17.8 Å². The number of pyridine rings is 1. The molecule has 0 saturated heterocycles. The first-order valence-corrected chi connectivity index (χ1v) is 4.71. The molecule has 1 rings (SSSR count). The third-order valence-electron chi connectivity index (χ3n) is 1.33. The second-order valence-electron chi connectivity index (χ2n) is 2.07. The fourth-order valence-corrected chi connectivity index (χ4v) is 1.47. The van der Waals surface area contributed by atoms with Crippen molar-refractivity contribution >= 4 is 21.7 Å². The summed E-state index contributed by atoms with van der Waals surface area (Å²) in [6, 6.07) is 1.85. The highest BCUT2D eigenvalue weighted by Gasteiger charge is 1.99. The summed E-state index contributed by atoms with van der Waals surface area (Å²) in [4.78, 5) is 4.97. The van der Waals surface area contributed by atoms with Crippen molar-refractivity contribution in [2.24, 2.45) is 0 Å². The molecule has 1 heterocycles. The van der Waals surface area contributed by atoms with Crippen LogP contribution in [0.5, 0.6) is 5.88 Å². The van der Waals surface area contributed by atoms with Crippen molar-refractivity contribution in [3.8, 4) is 5.88 Å². The molecule has 0 aliphatic rings. The highest BCUT2D eigenvalue weighted by atomic mass is 35.7. The van der Waals surface area contributed by atoms with E-state index in [0.717, 1.165) is 10.5 Å². The zero-order chi connectivity index (χ0) is 8.27. The van der Waals surface area contributed by atoms with Gasteiger partial charge in [-0.15, -0.1) is 0 Å². The topological polar surface area (TPSA) is 22.1 Å². The van der Waals surface area contributed by atoms with Gasteiger partial charge in [0.1, 0.15) is 0 Å². The molecule has 0 aliphatic heterocycles. The van der Waals surface area contributed by atoms with Crippen LogP contribution >= 0.6 is 21.7 Å². The van der Waals surface area contributed by atoms with Crippen LogP contribution in [0.15, 0.2) is 17.2 Å². The van der Waals surface area contributed by atoms with Gasteiger partial charge < -0.3 is 4.74 Å². The molecule has 0 spiro atoms. The third kappa shape index (κ3) is 2.01. The second-order valence-corrected chi connectivity index (χ2v) is 3.13. The number of aryl methyl sites for hydroxylation is 1. The zero-order valence-corrected chi connectivity index (χ0v) is 7.87. The lowest BCUT2D eigenvalue weighted by Gasteiger charge is -2.02. The largest absolute Gasteiger partial charge is 0.481 e. The van der Waals surface area contributed by atoms with Crippen LogP contribution in [0.2, 0.25) is 0 Å². The molecule has 0 bridgehead atoms. The minimum Gasteiger partial charge on any atom is -0.481 e. The van der Waals surface area contributed by atoms with Gasteiger partial charge in [0.15, 0.2) is 0 Å². The molecule has 0 aliphatic carbocycles. The van der Waals surface area contributed by atoms with E-state index in [0.29, 0.717) is 5.88 Å². The molecule has 0 atom stereocenters. The van der Waals surface area contributed by atoms with E-state index in [1.165, 1.54) is 11.0 Å². The summed E-state index contributed by atoms with van der Waals surface area (Å²) < 4.78 is 4.93. The highest BCUT2D eigenvalue weighted by Crippen LogP contribution is 2.26. The maximum atomic E-state index is 5.56. The quantitative estimate of drug-likeness (QED) is 0.714. The Morgan fingerprint density at radius 3 is 2.82 bits per heavy atom. The van der Waals surface area contributed by atoms with E-state index < -0.39 is 0 Å². The van der Waals surface area contributed by atoms with Crippen LogP contribution in [-0.4, -0.2) is 12.1 Å². The predicted molar refractivity (Wildman–Crippen MR) is 47.2 cm³/mol. The minimum atomic E-state index is 0.622. The van der Waals surface area contributed by atoms with Crippen LogP contribution < -0.4 is 4.74 Å². The molecule has 2 nitrogen and oxygen atoms in total. The molecule has 0 aromatic carbocycles. The van der Waals surface area contributed by atoms with Crippen molar-refractivity contribution < 1.29 is 4.74 Å². The van der Waals surface area contributed by atoms with E-state index in [4.69, 9.17) is 15.4 Å². The van der Waals surface area contributed by atoms with Gasteiger partial charge in [-0.1, -0.05) is 0 Å². The first kappa shape index (κ1) is 8.68. The highest BCUT2D eigenvalue weighted by molar-refractivity contribution is 8.21. The standard InChI is InChI=1S/C7H8ClNOS/c1-5-3-7(10-2)9-4-6(5)11-8/h3-4H,1-2H3. The maximum absolute atomic E-state index is 5.56. The van der Waals surface area contributed by atoms with E-state index >= 15 is 0 Å². The summed E-state index contributed by atoms with van der Waals surface area (Å²) in [7, 11) is 8.32. The van der Waals surface area contributed by atoms with Crippen molar-refractivity contribution in [3.63, 3.8) is 0 Å². The van der Waals surface area contributed by atoms with Crippen LogP contribution in [0.3, 0.4) is 0 Å². The van der Waals surface area contributed by atoms with Crippen LogP contribution in [0, 0.1) is 6.92 Å². The molecule has 0 unspecified atom stereocenters. The Labute approximate surface area is 74.4 Å². The van der Waals surface area contributed by atoms with Gasteiger partial charge in [0.05, 0.1) is 7.11 Å². The number of halogens is 1. The van der Waals surface area contributed by atoms with E-state index in [9.17, 15) is 0 Å². The molecule has 0 saturated carbocycles. The van der Waals surface area contributed by atoms with Crippen molar-refractivity contribution in [2.45, 2.75) is 11.8 Å². The lowest BCUT2D eigenvalue weighted by Crippen LogP contribution is -1.88. The maximum Gasteiger partial charge on any atom is 0.213 e. The molecule has 0 radical (unpaired) electrons. The van der Waals surface area contributed by atoms with E-state index in [2.05, 4.69) is 4.98 Å². The summed E-state index contributed by atoms with van der Waals surface area (Å²) in [6.45, 7) is 1.97. The van der Waals surface area contributed by atoms with E-state index in [1.807, 2.05) is 13.0 Å². The average Bonchev–Trinajstić information content (AvgIpc) is 2.04. The molecular weight excluding hydrogens is 182 g/mol. The van der Waals surface area contributed by atoms with Crippen molar-refractivity contribution in [2.75, 3.05) is 7.11 Å². The fraction of sp³-hybridized carbons (Fsp3) is 0.286. The van der Waals surface area contributed by atoms with Gasteiger partial charge >= 0.3 is 0 Å². The number of hydrogen-bond acceptors (Lipinski definition) is 3. The number of ether oxygens (including phenoxy) is 1. The first-order valence-electron chi connectivity index (χ1n) is 3.07. The summed E-state index contributed by atoms with van der Waals surface area (Å²) in [5, 5.41) is 0. The molecule has 11 heavy (non-hydrogen) atoms. The van der Waals surface area contributed by atoms with Gasteiger partial charge in [-0.25, -0.2) is 4.98 Å². The van der Waals surface area contributed by atoms with Gasteiger partial charge in [0, 0.05) is 17.2 Å². The normalized spacial score (nSPS) is 9.73. The summed E-state index contributed by atoms with van der Waals surface area (Å²) in [6.07, 6.45) is 1.70. The second kappa shape index (κ2) is 3.83. The molecular formula is C7H8ClNOS. The van der Waals surface area contributed by atoms with Crippen LogP contribution in [0.1, 0.15) is 5.56 Å². The number of rotatable bonds is 2. The number of nitrogens with zero attached hydrogens (tertiary/aromatic N) is 1. The Hall–Kier alpha value is -0.410. The summed E-state index contributed by atoms with van der Waals surface area (Å²) in [5.74, 6) is 0.622. The van der Waals surface area contributed by atoms with Gasteiger partial charge in [-0.2, -0.15) is 0 Å². The molecule has 1 aromatic heterocycles. The Morgan fingerprint density at radius 2 is 2.36 bits per heavy atom. The lowest BCUT2D eigenvalue weighted by atomic mass is 10.3. The van der Waals surface area contributed by atoms with Gasteiger partial charge in [-0.3, -0.25) is 0 Å². The predicted octanol–water partition coefficient (Wildman–Crippen LogP) is 2.64. The van der Waals surface area contributed by atoms with Crippen LogP contribution in [0.4, 0.5) is 0 Å². The minimum absolute atomic E-state index is 0.622. The molecule has 1 aromatic rings. The Bertz CT molecular complexity index is 254. The molecule has 60 valence electrons. The molecule has 4 heteroatoms. The third-order valence-corrected chi connectivity index (χ3v) is 2.42. The van der Waals surface area contributed by atoms with Gasteiger partial charge in [0.25, 0.3) is 0 Å². The van der Waals surface area contributed by atoms with Gasteiger partial charge in [0.2, 0.25) is 5.88 Å². The number of hydrogen-bond donors (Lipinski definition) is 0. The van der Waals surface area contributed by atoms with Crippen molar-refractivity contribution in [1.29, 1.82) is 0 Å². The van der Waals surface area contributed by atoms with E-state index in [-0.39, 0.29) is 0 Å². The number of aromatic nitrogens is 1. The smallest absolute Gasteiger partial charge is 0.213 e. The Kier molecular flexibility index (Phi) is 3.02. The molecule has 0 amide bonds. The Morgan fingerprint density at radius 1 is 1.64 bits per heavy atom. The number of methoxy groups -OCH3 is 1. The van der Waals surface area contributed by atoms with Crippen LogP contribution in [0.25, 0.3) is 0 Å². The van der Waals surface area contributed by atoms with E-state index in [1.54, 1.807) is 13.3 Å². The van der Waals surface area contributed by atoms with Gasteiger partial charge in [-0.05, 0) is 34.1 Å². The molecule has 0 N–H and O–H groups in total. The lowest BCUT2D eigenvalue weighted by molar-refractivity contribution is 0.397. The zero-order valence-electron chi connectivity index (χ0n) is 6.30. The average molecular weight is 190 g/mol. The van der Waals surface area contributed by atoms with Crippen LogP contribution in [-0.2, 0) is 0 Å². The summed E-state index contributed by atoms with van der Waals surface area (Å²) in [5.41, 5.74) is 1.08. The first-order chi connectivity index (χ1) is 5.27. The monoisotopic (exact) mass is 189 g/mol. The summed E-state index contributed by atoms with van der Waals surface area (Å²) >= 11 is 0. The fourth-order valence-electron chi connectivity index (χ4n) is 0.710. The Balaban J connectivity index is 2.99. The molecule has 0 fully saturated rings. The SMILES string of the molecule is COc1cc(C)c(SCl)cn1.